The van der Waals surface area contributed by atoms with Gasteiger partial charge in [-0.25, -0.2) is 0 Å². The van der Waals surface area contributed by atoms with Gasteiger partial charge >= 0.3 is 29.6 Å². The molecule has 0 aromatic rings. The molecule has 0 aliphatic heterocycles. The molecule has 0 rings (SSSR count). The van der Waals surface area contributed by atoms with Gasteiger partial charge in [-0.3, -0.25) is 4.31 Å². The van der Waals surface area contributed by atoms with Gasteiger partial charge in [-0.1, -0.05) is 12.2 Å². The van der Waals surface area contributed by atoms with Gasteiger partial charge in [0.1, 0.15) is 0 Å². The van der Waals surface area contributed by atoms with Crippen molar-refractivity contribution in [3.63, 3.8) is 0 Å². The molecule has 0 unspecified atom stereocenters. The topological polar surface area (TPSA) is 26.3 Å². The molecule has 0 N–H and O–H groups in total. The Balaban J connectivity index is 0. The first-order valence-electron chi connectivity index (χ1n) is 1.69. The van der Waals surface area contributed by atoms with E-state index in [2.05, 4.69) is 12.2 Å². The average molecular weight is 159 g/mol. The van der Waals surface area contributed by atoms with Crippen LogP contribution in [0.4, 0.5) is 0 Å². The first-order chi connectivity index (χ1) is 3.13. The van der Waals surface area contributed by atoms with E-state index in [9.17, 15) is 5.11 Å². The van der Waals surface area contributed by atoms with Crippen LogP contribution in [0.15, 0.2) is 0 Å². The fraction of sp³-hybridized carbons (Fsp3) is 0.667. The van der Waals surface area contributed by atoms with Crippen LogP contribution in [0, 0.1) is 0 Å². The molecule has 0 radical (unpaired) electrons. The van der Waals surface area contributed by atoms with Crippen molar-refractivity contribution in [1.82, 2.24) is 4.31 Å². The summed E-state index contributed by atoms with van der Waals surface area (Å²) in [5, 5.41) is 9.99. The Morgan fingerprint density at radius 2 is 2.00 bits per heavy atom. The van der Waals surface area contributed by atoms with Crippen molar-refractivity contribution in [2.24, 2.45) is 0 Å². The fourth-order valence-corrected chi connectivity index (χ4v) is 0.894. The summed E-state index contributed by atoms with van der Waals surface area (Å²) in [5.74, 6) is 0. The van der Waals surface area contributed by atoms with Crippen LogP contribution in [-0.2, 0) is 0 Å². The number of rotatable bonds is 1. The van der Waals surface area contributed by atoms with Gasteiger partial charge in [0.25, 0.3) is 0 Å². The molecule has 0 aliphatic rings. The van der Waals surface area contributed by atoms with E-state index in [1.165, 1.54) is 0 Å². The molecule has 0 fully saturated rings. The zero-order valence-corrected chi connectivity index (χ0v) is 8.80. The maximum atomic E-state index is 9.99. The van der Waals surface area contributed by atoms with Crippen LogP contribution in [-0.4, -0.2) is 22.8 Å². The Labute approximate surface area is 81.1 Å². The minimum absolute atomic E-state index is 0. The van der Waals surface area contributed by atoms with Crippen molar-refractivity contribution in [2.45, 2.75) is 0 Å². The van der Waals surface area contributed by atoms with Crippen molar-refractivity contribution in [1.29, 1.82) is 0 Å². The second-order valence-electron chi connectivity index (χ2n) is 1.15. The third-order valence-electron chi connectivity index (χ3n) is 0.257. The SMILES string of the molecule is CN(C)SC([O-])=S.[Na+]. The van der Waals surface area contributed by atoms with Crippen molar-refractivity contribution in [3.8, 4) is 0 Å². The van der Waals surface area contributed by atoms with Crippen LogP contribution in [0.5, 0.6) is 0 Å². The molecular formula is C3H6NNaOS2. The molecule has 0 aromatic carbocycles. The standard InChI is InChI=1S/C3H7NOS2.Na/c1-4(2)7-3(5)6;/h1-2H3,(H,5,6);/q;+1/p-1. The Kier molecular flexibility index (Phi) is 9.43. The van der Waals surface area contributed by atoms with Crippen LogP contribution in [0.1, 0.15) is 0 Å². The van der Waals surface area contributed by atoms with Crippen LogP contribution in [0.3, 0.4) is 0 Å². The molecule has 42 valence electrons. The van der Waals surface area contributed by atoms with Crippen LogP contribution in [0.25, 0.3) is 0 Å². The van der Waals surface area contributed by atoms with E-state index in [-0.39, 0.29) is 33.9 Å². The zero-order valence-electron chi connectivity index (χ0n) is 5.17. The van der Waals surface area contributed by atoms with Crippen molar-refractivity contribution in [3.05, 3.63) is 0 Å². The number of hydrogen-bond acceptors (Lipinski definition) is 4. The van der Waals surface area contributed by atoms with Crippen LogP contribution in [0.2, 0.25) is 0 Å². The van der Waals surface area contributed by atoms with E-state index in [4.69, 9.17) is 0 Å². The molecule has 0 saturated carbocycles. The predicted octanol–water partition coefficient (Wildman–Crippen LogP) is -3.15. The Hall–Kier alpha value is 1.20. The van der Waals surface area contributed by atoms with Gasteiger partial charge in [0.15, 0.2) is 0 Å². The molecular weight excluding hydrogens is 153 g/mol. The summed E-state index contributed by atoms with van der Waals surface area (Å²) in [6.45, 7) is 0. The molecule has 0 bridgehead atoms. The first-order valence-corrected chi connectivity index (χ1v) is 2.87. The summed E-state index contributed by atoms with van der Waals surface area (Å²) in [7, 11) is 3.55. The summed E-state index contributed by atoms with van der Waals surface area (Å²) in [6, 6.07) is 0. The molecule has 0 aromatic heterocycles. The molecule has 0 amide bonds. The normalized spacial score (nSPS) is 8.38. The molecule has 0 spiro atoms. The van der Waals surface area contributed by atoms with Gasteiger partial charge in [0.2, 0.25) is 0 Å². The number of thiocarbonyl (C=S) groups is 1. The van der Waals surface area contributed by atoms with Gasteiger partial charge in [0.05, 0.1) is 0 Å². The minimum atomic E-state index is -0.287. The summed E-state index contributed by atoms with van der Waals surface area (Å²) in [4.78, 5) is 0. The largest absolute Gasteiger partial charge is 1.00 e. The van der Waals surface area contributed by atoms with E-state index >= 15 is 0 Å². The fourth-order valence-electron chi connectivity index (χ4n) is 0.149. The summed E-state index contributed by atoms with van der Waals surface area (Å²) < 4.78 is 1.38. The molecule has 8 heavy (non-hydrogen) atoms. The predicted molar refractivity (Wildman–Crippen MR) is 33.9 cm³/mol. The van der Waals surface area contributed by atoms with E-state index in [1.807, 2.05) is 0 Å². The number of nitrogens with zero attached hydrogens (tertiary/aromatic N) is 1. The van der Waals surface area contributed by atoms with Gasteiger partial charge in [-0.2, -0.15) is 0 Å². The minimum Gasteiger partial charge on any atom is -0.859 e. The Morgan fingerprint density at radius 3 is 2.00 bits per heavy atom. The average Bonchev–Trinajstić information content (AvgIpc) is 1.27. The van der Waals surface area contributed by atoms with E-state index in [1.54, 1.807) is 18.4 Å². The summed E-state index contributed by atoms with van der Waals surface area (Å²) in [5.41, 5.74) is 0. The molecule has 5 heteroatoms. The monoisotopic (exact) mass is 159 g/mol. The Bertz CT molecular complexity index is 77.7. The van der Waals surface area contributed by atoms with Crippen molar-refractivity contribution in [2.75, 3.05) is 14.1 Å². The summed E-state index contributed by atoms with van der Waals surface area (Å²) in [6.07, 6.45) is 0. The first kappa shape index (κ1) is 11.9. The Morgan fingerprint density at radius 1 is 1.62 bits per heavy atom. The van der Waals surface area contributed by atoms with Gasteiger partial charge in [0, 0.05) is 4.38 Å². The molecule has 0 heterocycles. The van der Waals surface area contributed by atoms with Gasteiger partial charge in [-0.05, 0) is 26.0 Å². The van der Waals surface area contributed by atoms with Gasteiger partial charge in [-0.15, -0.1) is 0 Å². The second-order valence-corrected chi connectivity index (χ2v) is 3.07. The number of hydrogen-bond donors (Lipinski definition) is 0. The molecule has 0 saturated heterocycles. The van der Waals surface area contributed by atoms with E-state index < -0.39 is 0 Å². The third kappa shape index (κ3) is 10.2. The van der Waals surface area contributed by atoms with Gasteiger partial charge < -0.3 is 5.11 Å². The molecule has 2 nitrogen and oxygen atoms in total. The zero-order chi connectivity index (χ0) is 5.86. The smallest absolute Gasteiger partial charge is 0.859 e. The van der Waals surface area contributed by atoms with Crippen LogP contribution >= 0.6 is 24.2 Å². The van der Waals surface area contributed by atoms with E-state index in [0.29, 0.717) is 0 Å². The van der Waals surface area contributed by atoms with Crippen LogP contribution < -0.4 is 34.7 Å². The summed E-state index contributed by atoms with van der Waals surface area (Å²) >= 11 is 5.26. The van der Waals surface area contributed by atoms with Crippen molar-refractivity contribution >= 4 is 28.5 Å². The maximum Gasteiger partial charge on any atom is 1.00 e. The molecule has 0 aliphatic carbocycles. The van der Waals surface area contributed by atoms with E-state index in [0.717, 1.165) is 11.9 Å². The quantitative estimate of drug-likeness (QED) is 0.229. The maximum absolute atomic E-state index is 9.99. The third-order valence-corrected chi connectivity index (χ3v) is 0.995. The van der Waals surface area contributed by atoms with Crippen molar-refractivity contribution < 1.29 is 34.7 Å². The molecule has 0 atom stereocenters. The second kappa shape index (κ2) is 6.32.